The number of methoxy groups -OCH3 is 3. The van der Waals surface area contributed by atoms with Crippen molar-refractivity contribution in [1.82, 2.24) is 16.2 Å². The number of ether oxygens (including phenoxy) is 3. The smallest absolute Gasteiger partial charge is 0.226 e. The Bertz CT molecular complexity index is 812. The molecule has 150 valence electrons. The van der Waals surface area contributed by atoms with Gasteiger partial charge in [0, 0.05) is 13.1 Å². The highest BCUT2D eigenvalue weighted by Crippen LogP contribution is 2.29. The van der Waals surface area contributed by atoms with E-state index < -0.39 is 0 Å². The third-order valence-electron chi connectivity index (χ3n) is 4.93. The minimum atomic E-state index is -0.197. The second-order valence-corrected chi connectivity index (χ2v) is 6.62. The Morgan fingerprint density at radius 1 is 1.07 bits per heavy atom. The highest BCUT2D eigenvalue weighted by molar-refractivity contribution is 5.80. The first-order valence-electron chi connectivity index (χ1n) is 9.27. The van der Waals surface area contributed by atoms with Crippen molar-refractivity contribution >= 4 is 5.91 Å². The first-order chi connectivity index (χ1) is 13.7. The van der Waals surface area contributed by atoms with E-state index in [2.05, 4.69) is 16.2 Å². The summed E-state index contributed by atoms with van der Waals surface area (Å²) in [7, 11) is 4.86. The standard InChI is InChI=1S/C21H27N3O4/c1-26-16-6-4-5-15(12-16)20-17(13-23-24-20)21(25)22-10-9-14-7-8-18(27-2)19(11-14)28-3/h4-8,11-12,17,20,23-24H,9-10,13H2,1-3H3,(H,22,25). The summed E-state index contributed by atoms with van der Waals surface area (Å²) in [6.07, 6.45) is 0.712. The molecule has 1 saturated heterocycles. The number of hydrogen-bond donors (Lipinski definition) is 3. The van der Waals surface area contributed by atoms with Crippen LogP contribution in [0.4, 0.5) is 0 Å². The first-order valence-corrected chi connectivity index (χ1v) is 9.27. The van der Waals surface area contributed by atoms with Gasteiger partial charge in [-0.05, 0) is 41.8 Å². The fraction of sp³-hybridized carbons (Fsp3) is 0.381. The average Bonchev–Trinajstić information content (AvgIpc) is 3.23. The molecule has 0 aromatic heterocycles. The Labute approximate surface area is 165 Å². The number of amides is 1. The van der Waals surface area contributed by atoms with Crippen LogP contribution in [0.2, 0.25) is 0 Å². The first kappa shape index (κ1) is 20.0. The van der Waals surface area contributed by atoms with Crippen molar-refractivity contribution in [3.63, 3.8) is 0 Å². The molecule has 3 rings (SSSR count). The van der Waals surface area contributed by atoms with Crippen molar-refractivity contribution in [2.24, 2.45) is 5.92 Å². The third kappa shape index (κ3) is 4.55. The number of nitrogens with one attached hydrogen (secondary N) is 3. The molecule has 7 nitrogen and oxygen atoms in total. The molecule has 0 bridgehead atoms. The van der Waals surface area contributed by atoms with Crippen molar-refractivity contribution < 1.29 is 19.0 Å². The van der Waals surface area contributed by atoms with Gasteiger partial charge in [-0.25, -0.2) is 5.43 Å². The van der Waals surface area contributed by atoms with Gasteiger partial charge in [-0.15, -0.1) is 0 Å². The van der Waals surface area contributed by atoms with Crippen LogP contribution < -0.4 is 30.4 Å². The summed E-state index contributed by atoms with van der Waals surface area (Å²) >= 11 is 0. The Hall–Kier alpha value is -2.77. The lowest BCUT2D eigenvalue weighted by atomic mass is 9.94. The predicted octanol–water partition coefficient (Wildman–Crippen LogP) is 1.84. The summed E-state index contributed by atoms with van der Waals surface area (Å²) in [6, 6.07) is 13.5. The average molecular weight is 385 g/mol. The van der Waals surface area contributed by atoms with E-state index in [1.165, 1.54) is 0 Å². The maximum Gasteiger partial charge on any atom is 0.226 e. The van der Waals surface area contributed by atoms with Crippen LogP contribution in [0.1, 0.15) is 17.2 Å². The summed E-state index contributed by atoms with van der Waals surface area (Å²) in [5.41, 5.74) is 8.38. The molecule has 1 fully saturated rings. The van der Waals surface area contributed by atoms with Gasteiger partial charge in [0.2, 0.25) is 5.91 Å². The normalized spacial score (nSPS) is 18.5. The van der Waals surface area contributed by atoms with Gasteiger partial charge in [-0.1, -0.05) is 18.2 Å². The highest BCUT2D eigenvalue weighted by atomic mass is 16.5. The van der Waals surface area contributed by atoms with Crippen LogP contribution in [-0.2, 0) is 11.2 Å². The quantitative estimate of drug-likeness (QED) is 0.643. The minimum absolute atomic E-state index is 0.0193. The highest BCUT2D eigenvalue weighted by Gasteiger charge is 2.33. The molecule has 2 aromatic rings. The van der Waals surface area contributed by atoms with Crippen molar-refractivity contribution in [2.45, 2.75) is 12.5 Å². The number of rotatable bonds is 8. The second kappa shape index (κ2) is 9.43. The van der Waals surface area contributed by atoms with E-state index in [0.29, 0.717) is 31.0 Å². The summed E-state index contributed by atoms with van der Waals surface area (Å²) < 4.78 is 15.9. The van der Waals surface area contributed by atoms with Gasteiger partial charge in [-0.2, -0.15) is 0 Å². The zero-order valence-corrected chi connectivity index (χ0v) is 16.5. The van der Waals surface area contributed by atoms with E-state index in [1.807, 2.05) is 42.5 Å². The number of hydrazine groups is 1. The fourth-order valence-electron chi connectivity index (χ4n) is 3.39. The molecule has 0 radical (unpaired) electrons. The maximum atomic E-state index is 12.7. The molecule has 0 saturated carbocycles. The number of carbonyl (C=O) groups is 1. The van der Waals surface area contributed by atoms with Crippen LogP contribution in [-0.4, -0.2) is 40.3 Å². The summed E-state index contributed by atoms with van der Waals surface area (Å²) in [5.74, 6) is 1.98. The third-order valence-corrected chi connectivity index (χ3v) is 4.93. The number of carbonyl (C=O) groups excluding carboxylic acids is 1. The SMILES string of the molecule is COc1cccc(C2NNCC2C(=O)NCCc2ccc(OC)c(OC)c2)c1. The van der Waals surface area contributed by atoms with E-state index in [9.17, 15) is 4.79 Å². The van der Waals surface area contributed by atoms with Gasteiger partial charge in [0.15, 0.2) is 11.5 Å². The van der Waals surface area contributed by atoms with E-state index in [4.69, 9.17) is 14.2 Å². The van der Waals surface area contributed by atoms with Crippen LogP contribution >= 0.6 is 0 Å². The molecule has 3 N–H and O–H groups in total. The summed E-state index contributed by atoms with van der Waals surface area (Å²) in [6.45, 7) is 1.12. The van der Waals surface area contributed by atoms with Gasteiger partial charge in [-0.3, -0.25) is 10.2 Å². The van der Waals surface area contributed by atoms with E-state index in [-0.39, 0.29) is 17.9 Å². The molecule has 0 spiro atoms. The zero-order valence-electron chi connectivity index (χ0n) is 16.5. The lowest BCUT2D eigenvalue weighted by Gasteiger charge is -2.19. The molecule has 1 aliphatic heterocycles. The monoisotopic (exact) mass is 385 g/mol. The number of benzene rings is 2. The van der Waals surface area contributed by atoms with Crippen LogP contribution in [0.3, 0.4) is 0 Å². The van der Waals surface area contributed by atoms with E-state index >= 15 is 0 Å². The summed E-state index contributed by atoms with van der Waals surface area (Å²) in [5, 5.41) is 3.05. The van der Waals surface area contributed by atoms with Crippen molar-refractivity contribution in [3.8, 4) is 17.2 Å². The molecule has 2 unspecified atom stereocenters. The van der Waals surface area contributed by atoms with Crippen molar-refractivity contribution in [2.75, 3.05) is 34.4 Å². The molecule has 0 aliphatic carbocycles. The molecule has 2 aromatic carbocycles. The van der Waals surface area contributed by atoms with Gasteiger partial charge in [0.05, 0.1) is 33.3 Å². The van der Waals surface area contributed by atoms with Crippen molar-refractivity contribution in [3.05, 3.63) is 53.6 Å². The Balaban J connectivity index is 1.58. The minimum Gasteiger partial charge on any atom is -0.497 e. The Morgan fingerprint density at radius 2 is 1.89 bits per heavy atom. The topological polar surface area (TPSA) is 80.9 Å². The van der Waals surface area contributed by atoms with E-state index in [0.717, 1.165) is 16.9 Å². The Kier molecular flexibility index (Phi) is 6.73. The van der Waals surface area contributed by atoms with Crippen LogP contribution in [0.15, 0.2) is 42.5 Å². The van der Waals surface area contributed by atoms with Crippen LogP contribution in [0.25, 0.3) is 0 Å². The van der Waals surface area contributed by atoms with Crippen LogP contribution in [0, 0.1) is 5.92 Å². The predicted molar refractivity (Wildman–Crippen MR) is 107 cm³/mol. The molecular formula is C21H27N3O4. The van der Waals surface area contributed by atoms with E-state index in [1.54, 1.807) is 21.3 Å². The lowest BCUT2D eigenvalue weighted by Crippen LogP contribution is -2.36. The lowest BCUT2D eigenvalue weighted by molar-refractivity contribution is -0.124. The molecule has 1 aliphatic rings. The molecule has 2 atom stereocenters. The van der Waals surface area contributed by atoms with Gasteiger partial charge < -0.3 is 19.5 Å². The summed E-state index contributed by atoms with van der Waals surface area (Å²) in [4.78, 5) is 12.7. The zero-order chi connectivity index (χ0) is 19.9. The van der Waals surface area contributed by atoms with Gasteiger partial charge in [0.1, 0.15) is 5.75 Å². The fourth-order valence-corrected chi connectivity index (χ4v) is 3.39. The molecule has 1 amide bonds. The molecule has 1 heterocycles. The van der Waals surface area contributed by atoms with Crippen molar-refractivity contribution in [1.29, 1.82) is 0 Å². The largest absolute Gasteiger partial charge is 0.497 e. The molecular weight excluding hydrogens is 358 g/mol. The van der Waals surface area contributed by atoms with Gasteiger partial charge in [0.25, 0.3) is 0 Å². The second-order valence-electron chi connectivity index (χ2n) is 6.62. The number of hydrogen-bond acceptors (Lipinski definition) is 6. The Morgan fingerprint density at radius 3 is 2.64 bits per heavy atom. The van der Waals surface area contributed by atoms with Crippen LogP contribution in [0.5, 0.6) is 17.2 Å². The molecule has 7 heteroatoms. The van der Waals surface area contributed by atoms with Gasteiger partial charge >= 0.3 is 0 Å². The maximum absolute atomic E-state index is 12.7. The molecule has 28 heavy (non-hydrogen) atoms.